The van der Waals surface area contributed by atoms with Gasteiger partial charge in [-0.05, 0) is 94.7 Å². The molecule has 0 fully saturated rings. The standard InChI is InChI=1S/C40H26/c1-2-12-29(13-3-1)40-38-34(16-8-18-36(38)32-22-20-27-10-4-6-14-30(27)24-32)26-35-17-9-19-37(39(35)40)33-23-21-28-11-5-7-15-31(28)25-33/h1-26H. The summed E-state index contributed by atoms with van der Waals surface area (Å²) in [5, 5.41) is 10.2. The van der Waals surface area contributed by atoms with Gasteiger partial charge in [-0.25, -0.2) is 0 Å². The molecule has 0 aromatic heterocycles. The van der Waals surface area contributed by atoms with Gasteiger partial charge in [0.05, 0.1) is 0 Å². The van der Waals surface area contributed by atoms with Crippen molar-refractivity contribution < 1.29 is 0 Å². The zero-order chi connectivity index (χ0) is 26.5. The van der Waals surface area contributed by atoms with E-state index in [0.29, 0.717) is 0 Å². The van der Waals surface area contributed by atoms with Crippen molar-refractivity contribution in [2.24, 2.45) is 0 Å². The van der Waals surface area contributed by atoms with E-state index in [-0.39, 0.29) is 0 Å². The molecule has 0 atom stereocenters. The van der Waals surface area contributed by atoms with Crippen LogP contribution in [0.15, 0.2) is 158 Å². The predicted octanol–water partition coefficient (Wildman–Crippen LogP) is 11.3. The van der Waals surface area contributed by atoms with E-state index in [1.807, 2.05) is 0 Å². The molecule has 40 heavy (non-hydrogen) atoms. The SMILES string of the molecule is c1ccc(-c2c3c(-c4ccc5ccccc5c4)cccc3cc3cccc(-c4ccc5ccccc5c4)c23)cc1. The summed E-state index contributed by atoms with van der Waals surface area (Å²) in [6, 6.07) is 57.7. The van der Waals surface area contributed by atoms with Gasteiger partial charge < -0.3 is 0 Å². The highest BCUT2D eigenvalue weighted by Gasteiger charge is 2.17. The Balaban J connectivity index is 1.51. The van der Waals surface area contributed by atoms with Crippen LogP contribution in [0.3, 0.4) is 0 Å². The normalized spacial score (nSPS) is 11.5. The minimum atomic E-state index is 1.24. The third-order valence-corrected chi connectivity index (χ3v) is 8.19. The van der Waals surface area contributed by atoms with E-state index in [2.05, 4.69) is 158 Å². The first-order valence-corrected chi connectivity index (χ1v) is 13.9. The molecule has 0 heteroatoms. The first kappa shape index (κ1) is 22.8. The van der Waals surface area contributed by atoms with Gasteiger partial charge in [-0.3, -0.25) is 0 Å². The van der Waals surface area contributed by atoms with Gasteiger partial charge >= 0.3 is 0 Å². The second-order valence-electron chi connectivity index (χ2n) is 10.5. The Morgan fingerprint density at radius 1 is 0.250 bits per heavy atom. The zero-order valence-corrected chi connectivity index (χ0v) is 22.0. The predicted molar refractivity (Wildman–Crippen MR) is 173 cm³/mol. The average Bonchev–Trinajstić information content (AvgIpc) is 3.03. The van der Waals surface area contributed by atoms with Crippen molar-refractivity contribution in [2.75, 3.05) is 0 Å². The van der Waals surface area contributed by atoms with Crippen LogP contribution in [0.2, 0.25) is 0 Å². The van der Waals surface area contributed by atoms with E-state index in [9.17, 15) is 0 Å². The maximum atomic E-state index is 2.37. The highest BCUT2D eigenvalue weighted by atomic mass is 14.2. The largest absolute Gasteiger partial charge is 0.0622 e. The monoisotopic (exact) mass is 506 g/mol. The van der Waals surface area contributed by atoms with Gasteiger partial charge in [0.15, 0.2) is 0 Å². The number of hydrogen-bond acceptors (Lipinski definition) is 0. The Kier molecular flexibility index (Phi) is 5.24. The van der Waals surface area contributed by atoms with Gasteiger partial charge in [0, 0.05) is 0 Å². The molecular formula is C40H26. The summed E-state index contributed by atoms with van der Waals surface area (Å²) in [4.78, 5) is 0. The molecule has 0 aliphatic carbocycles. The maximum Gasteiger partial charge on any atom is -0.00143 e. The van der Waals surface area contributed by atoms with Gasteiger partial charge in [-0.15, -0.1) is 0 Å². The van der Waals surface area contributed by atoms with Crippen LogP contribution in [0.25, 0.3) is 76.5 Å². The number of benzene rings is 8. The highest BCUT2D eigenvalue weighted by Crippen LogP contribution is 2.45. The van der Waals surface area contributed by atoms with Gasteiger partial charge in [0.2, 0.25) is 0 Å². The Hall–Kier alpha value is -5.20. The van der Waals surface area contributed by atoms with Crippen molar-refractivity contribution in [1.29, 1.82) is 0 Å². The van der Waals surface area contributed by atoms with Crippen LogP contribution in [0.5, 0.6) is 0 Å². The van der Waals surface area contributed by atoms with E-state index < -0.39 is 0 Å². The Labute approximate surface area is 233 Å². The molecule has 0 N–H and O–H groups in total. The maximum absolute atomic E-state index is 2.37. The molecule has 0 unspecified atom stereocenters. The van der Waals surface area contributed by atoms with Crippen molar-refractivity contribution in [1.82, 2.24) is 0 Å². The summed E-state index contributed by atoms with van der Waals surface area (Å²) in [7, 11) is 0. The lowest BCUT2D eigenvalue weighted by atomic mass is 9.84. The van der Waals surface area contributed by atoms with Crippen LogP contribution in [0.4, 0.5) is 0 Å². The third-order valence-electron chi connectivity index (χ3n) is 8.19. The van der Waals surface area contributed by atoms with Gasteiger partial charge in [-0.2, -0.15) is 0 Å². The molecule has 0 aliphatic heterocycles. The summed E-state index contributed by atoms with van der Waals surface area (Å²) < 4.78 is 0. The zero-order valence-electron chi connectivity index (χ0n) is 22.0. The molecule has 0 bridgehead atoms. The molecular weight excluding hydrogens is 480 g/mol. The molecule has 186 valence electrons. The third kappa shape index (κ3) is 3.69. The van der Waals surface area contributed by atoms with Crippen LogP contribution >= 0.6 is 0 Å². The Morgan fingerprint density at radius 3 is 1.23 bits per heavy atom. The molecule has 0 saturated carbocycles. The molecule has 8 aromatic rings. The summed E-state index contributed by atoms with van der Waals surface area (Å²) in [5.74, 6) is 0. The molecule has 0 saturated heterocycles. The minimum absolute atomic E-state index is 1.24. The summed E-state index contributed by atoms with van der Waals surface area (Å²) in [6.07, 6.45) is 0. The second kappa shape index (κ2) is 9.22. The number of rotatable bonds is 3. The molecule has 0 heterocycles. The highest BCUT2D eigenvalue weighted by molar-refractivity contribution is 6.21. The molecule has 0 amide bonds. The van der Waals surface area contributed by atoms with Crippen LogP contribution in [0, 0.1) is 0 Å². The Morgan fingerprint density at radius 2 is 0.700 bits per heavy atom. The van der Waals surface area contributed by atoms with Crippen molar-refractivity contribution in [3.05, 3.63) is 158 Å². The average molecular weight is 507 g/mol. The van der Waals surface area contributed by atoms with Gasteiger partial charge in [0.1, 0.15) is 0 Å². The second-order valence-corrected chi connectivity index (χ2v) is 10.5. The molecule has 0 spiro atoms. The fourth-order valence-corrected chi connectivity index (χ4v) is 6.32. The van der Waals surface area contributed by atoms with Crippen molar-refractivity contribution in [3.8, 4) is 33.4 Å². The summed E-state index contributed by atoms with van der Waals surface area (Å²) >= 11 is 0. The number of fused-ring (bicyclic) bond motifs is 4. The molecule has 8 rings (SSSR count). The van der Waals surface area contributed by atoms with Crippen LogP contribution in [-0.4, -0.2) is 0 Å². The molecule has 0 radical (unpaired) electrons. The first-order chi connectivity index (χ1) is 19.8. The van der Waals surface area contributed by atoms with Crippen LogP contribution in [0.1, 0.15) is 0 Å². The topological polar surface area (TPSA) is 0 Å². The minimum Gasteiger partial charge on any atom is -0.0622 e. The van der Waals surface area contributed by atoms with Crippen LogP contribution in [-0.2, 0) is 0 Å². The molecule has 0 nitrogen and oxygen atoms in total. The fraction of sp³-hybridized carbons (Fsp3) is 0. The first-order valence-electron chi connectivity index (χ1n) is 13.9. The molecule has 0 aliphatic rings. The quantitative estimate of drug-likeness (QED) is 0.209. The fourth-order valence-electron chi connectivity index (χ4n) is 6.32. The summed E-state index contributed by atoms with van der Waals surface area (Å²) in [6.45, 7) is 0. The van der Waals surface area contributed by atoms with Crippen molar-refractivity contribution in [2.45, 2.75) is 0 Å². The smallest absolute Gasteiger partial charge is 0.00143 e. The van der Waals surface area contributed by atoms with Crippen molar-refractivity contribution in [3.63, 3.8) is 0 Å². The van der Waals surface area contributed by atoms with Crippen LogP contribution < -0.4 is 0 Å². The van der Waals surface area contributed by atoms with E-state index in [0.717, 1.165) is 0 Å². The van der Waals surface area contributed by atoms with E-state index in [4.69, 9.17) is 0 Å². The Bertz CT molecular complexity index is 2070. The number of hydrogen-bond donors (Lipinski definition) is 0. The lowest BCUT2D eigenvalue weighted by Crippen LogP contribution is -1.92. The van der Waals surface area contributed by atoms with E-state index in [1.54, 1.807) is 0 Å². The lowest BCUT2D eigenvalue weighted by molar-refractivity contribution is 1.64. The van der Waals surface area contributed by atoms with Crippen molar-refractivity contribution >= 4 is 43.1 Å². The van der Waals surface area contributed by atoms with E-state index >= 15 is 0 Å². The van der Waals surface area contributed by atoms with Gasteiger partial charge in [0.25, 0.3) is 0 Å². The lowest BCUT2D eigenvalue weighted by Gasteiger charge is -2.19. The summed E-state index contributed by atoms with van der Waals surface area (Å²) in [5.41, 5.74) is 7.53. The molecule has 8 aromatic carbocycles. The van der Waals surface area contributed by atoms with Gasteiger partial charge in [-0.1, -0.05) is 140 Å². The van der Waals surface area contributed by atoms with E-state index in [1.165, 1.54) is 76.5 Å².